The molecule has 2 N–H and O–H groups in total. The summed E-state index contributed by atoms with van der Waals surface area (Å²) in [5, 5.41) is 19.3. The van der Waals surface area contributed by atoms with Gasteiger partial charge in [0, 0.05) is 16.7 Å². The predicted octanol–water partition coefficient (Wildman–Crippen LogP) is 0.00220. The highest BCUT2D eigenvalue weighted by Gasteiger charge is 2.42. The van der Waals surface area contributed by atoms with E-state index in [2.05, 4.69) is 19.7 Å². The van der Waals surface area contributed by atoms with Crippen molar-refractivity contribution in [2.45, 2.75) is 45.2 Å². The summed E-state index contributed by atoms with van der Waals surface area (Å²) in [4.78, 5) is 47.0. The van der Waals surface area contributed by atoms with E-state index in [1.54, 1.807) is 0 Å². The fraction of sp³-hybridized carbons (Fsp3) is 0.444. The SMILES string of the molecule is C=C(C)C(=O)O[C@H]([C@H](OC(=O)C(=C)C)[C@H](C=O)OC(=O)C(=C)C)[C@H](O)CO. The van der Waals surface area contributed by atoms with Gasteiger partial charge in [0.25, 0.3) is 0 Å². The third-order valence-corrected chi connectivity index (χ3v) is 3.12. The van der Waals surface area contributed by atoms with Crippen molar-refractivity contribution >= 4 is 24.2 Å². The number of aldehydes is 1. The number of aliphatic hydroxyl groups excluding tert-OH is 2. The second kappa shape index (κ2) is 11.0. The quantitative estimate of drug-likeness (QED) is 0.218. The van der Waals surface area contributed by atoms with Crippen LogP contribution in [0.5, 0.6) is 0 Å². The van der Waals surface area contributed by atoms with Crippen LogP contribution in [0, 0.1) is 0 Å². The van der Waals surface area contributed by atoms with E-state index < -0.39 is 48.9 Å². The molecule has 0 saturated heterocycles. The molecule has 27 heavy (non-hydrogen) atoms. The Kier molecular flexibility index (Phi) is 9.91. The molecule has 0 fully saturated rings. The van der Waals surface area contributed by atoms with Gasteiger partial charge >= 0.3 is 17.9 Å². The number of carbonyl (C=O) groups excluding carboxylic acids is 4. The normalized spacial score (nSPS) is 14.7. The van der Waals surface area contributed by atoms with Crippen LogP contribution < -0.4 is 0 Å². The molecule has 0 heterocycles. The topological polar surface area (TPSA) is 136 Å². The van der Waals surface area contributed by atoms with E-state index in [1.165, 1.54) is 20.8 Å². The molecule has 0 amide bonds. The van der Waals surface area contributed by atoms with Crippen molar-refractivity contribution in [2.75, 3.05) is 6.61 Å². The van der Waals surface area contributed by atoms with E-state index in [1.807, 2.05) is 0 Å². The average molecular weight is 384 g/mol. The van der Waals surface area contributed by atoms with Gasteiger partial charge in [0.05, 0.1) is 6.61 Å². The van der Waals surface area contributed by atoms with Gasteiger partial charge in [-0.1, -0.05) is 19.7 Å². The summed E-state index contributed by atoms with van der Waals surface area (Å²) < 4.78 is 15.0. The zero-order valence-corrected chi connectivity index (χ0v) is 15.5. The maximum atomic E-state index is 11.9. The minimum Gasteiger partial charge on any atom is -0.452 e. The molecule has 0 aromatic carbocycles. The Bertz CT molecular complexity index is 635. The lowest BCUT2D eigenvalue weighted by atomic mass is 10.0. The third kappa shape index (κ3) is 7.55. The van der Waals surface area contributed by atoms with E-state index in [9.17, 15) is 29.4 Å². The van der Waals surface area contributed by atoms with E-state index in [0.29, 0.717) is 0 Å². The van der Waals surface area contributed by atoms with Crippen molar-refractivity contribution < 1.29 is 43.6 Å². The lowest BCUT2D eigenvalue weighted by Gasteiger charge is -2.32. The van der Waals surface area contributed by atoms with Crippen molar-refractivity contribution in [3.05, 3.63) is 36.5 Å². The van der Waals surface area contributed by atoms with E-state index >= 15 is 0 Å². The molecule has 0 aromatic heterocycles. The second-order valence-electron chi connectivity index (χ2n) is 5.84. The summed E-state index contributed by atoms with van der Waals surface area (Å²) in [6.07, 6.45) is -6.90. The fourth-order valence-corrected chi connectivity index (χ4v) is 1.63. The molecular weight excluding hydrogens is 360 g/mol. The molecule has 0 spiro atoms. The highest BCUT2D eigenvalue weighted by atomic mass is 16.6. The van der Waals surface area contributed by atoms with Gasteiger partial charge in [-0.2, -0.15) is 0 Å². The minimum absolute atomic E-state index is 0.0509. The van der Waals surface area contributed by atoms with Gasteiger partial charge in [-0.3, -0.25) is 4.79 Å². The van der Waals surface area contributed by atoms with Crippen LogP contribution in [0.1, 0.15) is 20.8 Å². The zero-order chi connectivity index (χ0) is 21.3. The van der Waals surface area contributed by atoms with Gasteiger partial charge in [-0.15, -0.1) is 0 Å². The van der Waals surface area contributed by atoms with Crippen LogP contribution in [-0.2, 0) is 33.4 Å². The number of carbonyl (C=O) groups is 4. The first-order valence-electron chi connectivity index (χ1n) is 7.79. The zero-order valence-electron chi connectivity index (χ0n) is 15.5. The Balaban J connectivity index is 5.99. The monoisotopic (exact) mass is 384 g/mol. The molecular formula is C18H24O9. The van der Waals surface area contributed by atoms with Crippen LogP contribution in [0.4, 0.5) is 0 Å². The summed E-state index contributed by atoms with van der Waals surface area (Å²) >= 11 is 0. The van der Waals surface area contributed by atoms with Crippen LogP contribution in [0.2, 0.25) is 0 Å². The summed E-state index contributed by atoms with van der Waals surface area (Å²) in [5.41, 5.74) is -0.180. The minimum atomic E-state index is -1.76. The third-order valence-electron chi connectivity index (χ3n) is 3.12. The number of ether oxygens (including phenoxy) is 3. The highest BCUT2D eigenvalue weighted by Crippen LogP contribution is 2.19. The summed E-state index contributed by atoms with van der Waals surface area (Å²) in [6, 6.07) is 0. The standard InChI is InChI=1S/C18H24O9/c1-9(2)16(22)25-13(8-20)15(27-18(24)11(5)6)14(12(21)7-19)26-17(23)10(3)4/h8,12-15,19,21H,1,3,5,7H2,2,4,6H3/t12-,13+,14+,15-/m1/s1. The average Bonchev–Trinajstić information content (AvgIpc) is 2.60. The molecule has 0 radical (unpaired) electrons. The molecule has 0 aliphatic heterocycles. The maximum absolute atomic E-state index is 11.9. The van der Waals surface area contributed by atoms with E-state index in [4.69, 9.17) is 14.2 Å². The van der Waals surface area contributed by atoms with Crippen LogP contribution in [0.25, 0.3) is 0 Å². The Morgan fingerprint density at radius 1 is 0.852 bits per heavy atom. The van der Waals surface area contributed by atoms with Gasteiger partial charge in [0.2, 0.25) is 0 Å². The number of hydrogen-bond donors (Lipinski definition) is 2. The van der Waals surface area contributed by atoms with Gasteiger partial charge in [-0.05, 0) is 20.8 Å². The maximum Gasteiger partial charge on any atom is 0.333 e. The Morgan fingerprint density at radius 2 is 1.22 bits per heavy atom. The molecule has 0 aromatic rings. The summed E-state index contributed by atoms with van der Waals surface area (Å²) in [5.74, 6) is -2.97. The first-order chi connectivity index (χ1) is 12.5. The second-order valence-corrected chi connectivity index (χ2v) is 5.84. The van der Waals surface area contributed by atoms with Crippen LogP contribution >= 0.6 is 0 Å². The van der Waals surface area contributed by atoms with Crippen molar-refractivity contribution in [3.63, 3.8) is 0 Å². The van der Waals surface area contributed by atoms with Crippen LogP contribution in [0.15, 0.2) is 36.5 Å². The molecule has 0 saturated carbocycles. The summed E-state index contributed by atoms with van der Waals surface area (Å²) in [7, 11) is 0. The Hall–Kier alpha value is -2.78. The van der Waals surface area contributed by atoms with Gasteiger partial charge < -0.3 is 24.4 Å². The van der Waals surface area contributed by atoms with Gasteiger partial charge in [-0.25, -0.2) is 14.4 Å². The van der Waals surface area contributed by atoms with Crippen molar-refractivity contribution in [1.82, 2.24) is 0 Å². The molecule has 0 unspecified atom stereocenters. The number of rotatable bonds is 11. The largest absolute Gasteiger partial charge is 0.452 e. The molecule has 0 bridgehead atoms. The van der Waals surface area contributed by atoms with Gasteiger partial charge in [0.1, 0.15) is 6.10 Å². The molecule has 150 valence electrons. The van der Waals surface area contributed by atoms with Crippen LogP contribution in [-0.4, -0.2) is 65.4 Å². The molecule has 0 aliphatic carbocycles. The van der Waals surface area contributed by atoms with Crippen LogP contribution in [0.3, 0.4) is 0 Å². The van der Waals surface area contributed by atoms with E-state index in [-0.39, 0.29) is 23.0 Å². The predicted molar refractivity (Wildman–Crippen MR) is 93.2 cm³/mol. The fourth-order valence-electron chi connectivity index (χ4n) is 1.63. The first-order valence-corrected chi connectivity index (χ1v) is 7.79. The van der Waals surface area contributed by atoms with E-state index in [0.717, 1.165) is 0 Å². The number of hydrogen-bond acceptors (Lipinski definition) is 9. The first kappa shape index (κ1) is 24.2. The molecule has 4 atom stereocenters. The van der Waals surface area contributed by atoms with Crippen molar-refractivity contribution in [3.8, 4) is 0 Å². The lowest BCUT2D eigenvalue weighted by molar-refractivity contribution is -0.191. The Morgan fingerprint density at radius 3 is 1.56 bits per heavy atom. The molecule has 9 nitrogen and oxygen atoms in total. The molecule has 0 rings (SSSR count). The Labute approximate surface area is 156 Å². The number of esters is 3. The lowest BCUT2D eigenvalue weighted by Crippen LogP contribution is -2.52. The number of aliphatic hydroxyl groups is 2. The molecule has 9 heteroatoms. The van der Waals surface area contributed by atoms with Gasteiger partial charge in [0.15, 0.2) is 24.6 Å². The smallest absolute Gasteiger partial charge is 0.333 e. The molecule has 0 aliphatic rings. The van der Waals surface area contributed by atoms with Crippen molar-refractivity contribution in [2.24, 2.45) is 0 Å². The summed E-state index contributed by atoms with van der Waals surface area (Å²) in [6.45, 7) is 13.2. The highest BCUT2D eigenvalue weighted by molar-refractivity contribution is 5.89. The van der Waals surface area contributed by atoms with Crippen molar-refractivity contribution in [1.29, 1.82) is 0 Å².